The number of benzene rings is 1. The Morgan fingerprint density at radius 1 is 1.54 bits per heavy atom. The summed E-state index contributed by atoms with van der Waals surface area (Å²) < 4.78 is 4.94. The molecule has 1 aromatic heterocycles. The summed E-state index contributed by atoms with van der Waals surface area (Å²) >= 11 is 0. The molecule has 1 aromatic carbocycles. The lowest BCUT2D eigenvalue weighted by molar-refractivity contribution is -0.114. The van der Waals surface area contributed by atoms with E-state index < -0.39 is 0 Å². The predicted octanol–water partition coefficient (Wildman–Crippen LogP) is 1.79. The summed E-state index contributed by atoms with van der Waals surface area (Å²) in [6.07, 6.45) is 1.63. The van der Waals surface area contributed by atoms with Gasteiger partial charge in [-0.3, -0.25) is 4.79 Å². The Morgan fingerprint density at radius 3 is 3.15 bits per heavy atom. The zero-order valence-electron chi connectivity index (χ0n) is 7.07. The Labute approximate surface area is 74.5 Å². The molecule has 2 rings (SSSR count). The molecule has 2 aromatic rings. The maximum absolute atomic E-state index is 10.7. The van der Waals surface area contributed by atoms with Crippen LogP contribution >= 0.6 is 0 Å². The molecule has 4 nitrogen and oxygen atoms in total. The molecule has 1 amide bonds. The van der Waals surface area contributed by atoms with Gasteiger partial charge in [0, 0.05) is 24.1 Å². The van der Waals surface area contributed by atoms with E-state index in [1.807, 2.05) is 6.07 Å². The lowest BCUT2D eigenvalue weighted by Crippen LogP contribution is -2.05. The van der Waals surface area contributed by atoms with Gasteiger partial charge in [-0.05, 0) is 12.1 Å². The Kier molecular flexibility index (Phi) is 1.73. The topological polar surface area (TPSA) is 55.1 Å². The second-order valence-electron chi connectivity index (χ2n) is 2.76. The number of nitrogens with one attached hydrogen (secondary N) is 1. The van der Waals surface area contributed by atoms with Gasteiger partial charge in [0.05, 0.1) is 6.20 Å². The van der Waals surface area contributed by atoms with Gasteiger partial charge in [0.25, 0.3) is 0 Å². The summed E-state index contributed by atoms with van der Waals surface area (Å²) in [4.78, 5) is 10.7. The first-order chi connectivity index (χ1) is 6.25. The molecule has 13 heavy (non-hydrogen) atoms. The van der Waals surface area contributed by atoms with Crippen LogP contribution in [0.25, 0.3) is 11.0 Å². The molecule has 1 heterocycles. The molecule has 0 fully saturated rings. The van der Waals surface area contributed by atoms with Gasteiger partial charge >= 0.3 is 0 Å². The number of carbonyl (C=O) groups excluding carboxylic acids is 1. The molecule has 0 aliphatic carbocycles. The minimum absolute atomic E-state index is 0.0983. The van der Waals surface area contributed by atoms with Crippen molar-refractivity contribution in [2.75, 3.05) is 5.32 Å². The molecule has 0 saturated heterocycles. The van der Waals surface area contributed by atoms with Crippen LogP contribution in [-0.2, 0) is 4.79 Å². The Hall–Kier alpha value is -1.84. The quantitative estimate of drug-likeness (QED) is 0.720. The number of amides is 1. The van der Waals surface area contributed by atoms with Gasteiger partial charge in [0.2, 0.25) is 5.91 Å². The van der Waals surface area contributed by atoms with E-state index in [4.69, 9.17) is 4.52 Å². The highest BCUT2D eigenvalue weighted by Crippen LogP contribution is 2.18. The van der Waals surface area contributed by atoms with E-state index in [-0.39, 0.29) is 5.91 Å². The third kappa shape index (κ3) is 1.51. The SMILES string of the molecule is CC(=O)Nc1ccc2cnoc2c1. The first kappa shape index (κ1) is 7.79. The number of nitrogens with zero attached hydrogens (tertiary/aromatic N) is 1. The summed E-state index contributed by atoms with van der Waals surface area (Å²) in [5, 5.41) is 7.22. The molecule has 0 spiro atoms. The highest BCUT2D eigenvalue weighted by Gasteiger charge is 2.00. The molecule has 66 valence electrons. The fourth-order valence-electron chi connectivity index (χ4n) is 1.14. The first-order valence-corrected chi connectivity index (χ1v) is 3.88. The minimum Gasteiger partial charge on any atom is -0.356 e. The predicted molar refractivity (Wildman–Crippen MR) is 48.3 cm³/mol. The molecule has 4 heteroatoms. The zero-order valence-corrected chi connectivity index (χ0v) is 7.07. The highest BCUT2D eigenvalue weighted by atomic mass is 16.5. The average Bonchev–Trinajstić information content (AvgIpc) is 2.49. The third-order valence-corrected chi connectivity index (χ3v) is 1.68. The zero-order chi connectivity index (χ0) is 9.26. The number of carbonyl (C=O) groups is 1. The van der Waals surface area contributed by atoms with Crippen LogP contribution in [-0.4, -0.2) is 11.1 Å². The van der Waals surface area contributed by atoms with E-state index >= 15 is 0 Å². The van der Waals surface area contributed by atoms with E-state index in [1.165, 1.54) is 6.92 Å². The van der Waals surface area contributed by atoms with Gasteiger partial charge in [-0.15, -0.1) is 0 Å². The van der Waals surface area contributed by atoms with Crippen molar-refractivity contribution in [3.63, 3.8) is 0 Å². The number of aromatic nitrogens is 1. The largest absolute Gasteiger partial charge is 0.356 e. The lowest BCUT2D eigenvalue weighted by atomic mass is 10.2. The molecule has 0 atom stereocenters. The van der Waals surface area contributed by atoms with E-state index in [0.717, 1.165) is 11.1 Å². The summed E-state index contributed by atoms with van der Waals surface area (Å²) in [7, 11) is 0. The van der Waals surface area contributed by atoms with Gasteiger partial charge in [-0.1, -0.05) is 5.16 Å². The van der Waals surface area contributed by atoms with E-state index in [1.54, 1.807) is 18.3 Å². The lowest BCUT2D eigenvalue weighted by Gasteiger charge is -1.99. The molecule has 0 saturated carbocycles. The van der Waals surface area contributed by atoms with Gasteiger partial charge in [0.15, 0.2) is 5.58 Å². The third-order valence-electron chi connectivity index (χ3n) is 1.68. The van der Waals surface area contributed by atoms with Crippen LogP contribution in [0.1, 0.15) is 6.92 Å². The Balaban J connectivity index is 2.42. The second-order valence-corrected chi connectivity index (χ2v) is 2.76. The fraction of sp³-hybridized carbons (Fsp3) is 0.111. The Morgan fingerprint density at radius 2 is 2.38 bits per heavy atom. The van der Waals surface area contributed by atoms with E-state index in [0.29, 0.717) is 5.58 Å². The van der Waals surface area contributed by atoms with Crippen molar-refractivity contribution in [1.82, 2.24) is 5.16 Å². The molecule has 0 unspecified atom stereocenters. The fourth-order valence-corrected chi connectivity index (χ4v) is 1.14. The van der Waals surface area contributed by atoms with Crippen LogP contribution < -0.4 is 5.32 Å². The van der Waals surface area contributed by atoms with Crippen LogP contribution in [0.15, 0.2) is 28.9 Å². The standard InChI is InChI=1S/C9H8N2O2/c1-6(12)11-8-3-2-7-5-10-13-9(7)4-8/h2-5H,1H3,(H,11,12). The van der Waals surface area contributed by atoms with Crippen molar-refractivity contribution >= 4 is 22.6 Å². The molecule has 0 aliphatic rings. The van der Waals surface area contributed by atoms with Crippen molar-refractivity contribution in [3.8, 4) is 0 Å². The molecular weight excluding hydrogens is 168 g/mol. The smallest absolute Gasteiger partial charge is 0.221 e. The summed E-state index contributed by atoms with van der Waals surface area (Å²) in [6, 6.07) is 5.39. The van der Waals surface area contributed by atoms with Crippen LogP contribution in [0.5, 0.6) is 0 Å². The number of anilines is 1. The Bertz CT molecular complexity index is 448. The van der Waals surface area contributed by atoms with Crippen LogP contribution in [0.4, 0.5) is 5.69 Å². The van der Waals surface area contributed by atoms with Crippen LogP contribution in [0.2, 0.25) is 0 Å². The van der Waals surface area contributed by atoms with Gasteiger partial charge in [0.1, 0.15) is 0 Å². The van der Waals surface area contributed by atoms with Gasteiger partial charge in [-0.25, -0.2) is 0 Å². The van der Waals surface area contributed by atoms with Crippen molar-refractivity contribution in [2.24, 2.45) is 0 Å². The maximum atomic E-state index is 10.7. The van der Waals surface area contributed by atoms with Crippen molar-refractivity contribution < 1.29 is 9.32 Å². The molecule has 0 bridgehead atoms. The molecule has 0 aliphatic heterocycles. The van der Waals surface area contributed by atoms with Crippen molar-refractivity contribution in [2.45, 2.75) is 6.92 Å². The van der Waals surface area contributed by atoms with Gasteiger partial charge in [-0.2, -0.15) is 0 Å². The molecular formula is C9H8N2O2. The van der Waals surface area contributed by atoms with E-state index in [2.05, 4.69) is 10.5 Å². The second kappa shape index (κ2) is 2.90. The summed E-state index contributed by atoms with van der Waals surface area (Å²) in [5.41, 5.74) is 1.39. The van der Waals surface area contributed by atoms with Gasteiger partial charge < -0.3 is 9.84 Å². The van der Waals surface area contributed by atoms with Crippen molar-refractivity contribution in [1.29, 1.82) is 0 Å². The normalized spacial score (nSPS) is 10.2. The maximum Gasteiger partial charge on any atom is 0.221 e. The minimum atomic E-state index is -0.0983. The monoisotopic (exact) mass is 176 g/mol. The van der Waals surface area contributed by atoms with E-state index in [9.17, 15) is 4.79 Å². The van der Waals surface area contributed by atoms with Crippen LogP contribution in [0.3, 0.4) is 0 Å². The number of hydrogen-bond acceptors (Lipinski definition) is 3. The molecule has 1 N–H and O–H groups in total. The van der Waals surface area contributed by atoms with Crippen LogP contribution in [0, 0.1) is 0 Å². The number of rotatable bonds is 1. The van der Waals surface area contributed by atoms with Crippen molar-refractivity contribution in [3.05, 3.63) is 24.4 Å². The number of fused-ring (bicyclic) bond motifs is 1. The average molecular weight is 176 g/mol. The first-order valence-electron chi connectivity index (χ1n) is 3.88. The summed E-state index contributed by atoms with van der Waals surface area (Å²) in [6.45, 7) is 1.46. The summed E-state index contributed by atoms with van der Waals surface area (Å²) in [5.74, 6) is -0.0983. The highest BCUT2D eigenvalue weighted by molar-refractivity contribution is 5.91. The number of hydrogen-bond donors (Lipinski definition) is 1. The molecule has 0 radical (unpaired) electrons.